The number of hydrogen-bond donors (Lipinski definition) is 1. The number of carbonyl (C=O) groups is 1. The van der Waals surface area contributed by atoms with E-state index in [0.717, 1.165) is 28.2 Å². The molecule has 0 aliphatic carbocycles. The Bertz CT molecular complexity index is 1210. The van der Waals surface area contributed by atoms with Crippen molar-refractivity contribution in [3.63, 3.8) is 0 Å². The molecule has 158 valence electrons. The maximum absolute atomic E-state index is 12.8. The lowest BCUT2D eigenvalue weighted by atomic mass is 10.2. The van der Waals surface area contributed by atoms with Crippen molar-refractivity contribution in [3.05, 3.63) is 71.5 Å². The zero-order chi connectivity index (χ0) is 22.0. The molecule has 31 heavy (non-hydrogen) atoms. The molecule has 4 rings (SSSR count). The van der Waals surface area contributed by atoms with Gasteiger partial charge >= 0.3 is 6.03 Å². The fourth-order valence-electron chi connectivity index (χ4n) is 3.46. The molecule has 1 N–H and O–H groups in total. The van der Waals surface area contributed by atoms with Crippen LogP contribution in [0, 0.1) is 13.8 Å². The molecular weight excluding hydrogens is 392 g/mol. The van der Waals surface area contributed by atoms with E-state index in [1.54, 1.807) is 23.7 Å². The summed E-state index contributed by atoms with van der Waals surface area (Å²) >= 11 is 0. The van der Waals surface area contributed by atoms with Crippen molar-refractivity contribution in [1.29, 1.82) is 0 Å². The number of nitrogens with zero attached hydrogens (tertiary/aromatic N) is 7. The van der Waals surface area contributed by atoms with Gasteiger partial charge in [0.05, 0.1) is 17.9 Å². The molecule has 9 nitrogen and oxygen atoms in total. The highest BCUT2D eigenvalue weighted by atomic mass is 16.2. The number of carbonyl (C=O) groups excluding carboxylic acids is 1. The van der Waals surface area contributed by atoms with Gasteiger partial charge in [-0.1, -0.05) is 30.3 Å². The highest BCUT2D eigenvalue weighted by Crippen LogP contribution is 2.21. The number of hydrogen-bond acceptors (Lipinski definition) is 5. The molecule has 0 aliphatic rings. The van der Waals surface area contributed by atoms with Gasteiger partial charge in [-0.15, -0.1) is 5.10 Å². The molecule has 2 heterocycles. The Morgan fingerprint density at radius 2 is 1.87 bits per heavy atom. The number of nitrogens with one attached hydrogen (secondary N) is 1. The lowest BCUT2D eigenvalue weighted by Crippen LogP contribution is -2.31. The van der Waals surface area contributed by atoms with Crippen molar-refractivity contribution in [2.75, 3.05) is 12.4 Å². The number of aromatic nitrogens is 6. The van der Waals surface area contributed by atoms with Crippen molar-refractivity contribution in [2.45, 2.75) is 20.4 Å². The summed E-state index contributed by atoms with van der Waals surface area (Å²) in [5.74, 6) is 0.629. The van der Waals surface area contributed by atoms with Gasteiger partial charge in [-0.3, -0.25) is 0 Å². The van der Waals surface area contributed by atoms with Crippen LogP contribution in [-0.4, -0.2) is 48.0 Å². The van der Waals surface area contributed by atoms with E-state index >= 15 is 0 Å². The number of urea groups is 1. The predicted octanol–water partition coefficient (Wildman–Crippen LogP) is 3.34. The van der Waals surface area contributed by atoms with Crippen LogP contribution in [0.15, 0.2) is 54.6 Å². The van der Waals surface area contributed by atoms with Gasteiger partial charge in [0.25, 0.3) is 0 Å². The minimum atomic E-state index is -0.209. The van der Waals surface area contributed by atoms with E-state index in [1.165, 1.54) is 0 Å². The maximum Gasteiger partial charge on any atom is 0.321 e. The first-order valence-electron chi connectivity index (χ1n) is 9.89. The molecular formula is C22H24N8O. The van der Waals surface area contributed by atoms with Crippen molar-refractivity contribution in [1.82, 2.24) is 34.9 Å². The molecule has 0 saturated heterocycles. The summed E-state index contributed by atoms with van der Waals surface area (Å²) in [6.45, 7) is 4.43. The Morgan fingerprint density at radius 3 is 2.58 bits per heavy atom. The lowest BCUT2D eigenvalue weighted by molar-refractivity contribution is 0.220. The third kappa shape index (κ3) is 4.16. The summed E-state index contributed by atoms with van der Waals surface area (Å²) in [5, 5.41) is 19.1. The zero-order valence-corrected chi connectivity index (χ0v) is 17.9. The van der Waals surface area contributed by atoms with E-state index in [-0.39, 0.29) is 6.03 Å². The van der Waals surface area contributed by atoms with Gasteiger partial charge in [-0.2, -0.15) is 5.10 Å². The number of rotatable bonds is 5. The molecule has 9 heteroatoms. The third-order valence-corrected chi connectivity index (χ3v) is 5.18. The lowest BCUT2D eigenvalue weighted by Gasteiger charge is -2.18. The molecule has 0 aliphatic heterocycles. The fourth-order valence-corrected chi connectivity index (χ4v) is 3.46. The Kier molecular flexibility index (Phi) is 5.48. The fraction of sp³-hybridized carbons (Fsp3) is 0.227. The van der Waals surface area contributed by atoms with Crippen LogP contribution in [0.25, 0.3) is 17.1 Å². The molecule has 0 spiro atoms. The summed E-state index contributed by atoms with van der Waals surface area (Å²) in [6.07, 6.45) is 0. The maximum atomic E-state index is 12.8. The van der Waals surface area contributed by atoms with Crippen LogP contribution in [-0.2, 0) is 13.6 Å². The Balaban J connectivity index is 1.49. The van der Waals surface area contributed by atoms with E-state index in [2.05, 4.69) is 25.9 Å². The Morgan fingerprint density at radius 1 is 1.10 bits per heavy atom. The van der Waals surface area contributed by atoms with Gasteiger partial charge < -0.3 is 10.2 Å². The molecule has 0 atom stereocenters. The second kappa shape index (κ2) is 8.39. The first-order chi connectivity index (χ1) is 14.9. The smallest absolute Gasteiger partial charge is 0.321 e. The molecule has 0 bridgehead atoms. The Hall–Kier alpha value is -4.01. The van der Waals surface area contributed by atoms with Gasteiger partial charge in [0, 0.05) is 36.6 Å². The van der Waals surface area contributed by atoms with Crippen LogP contribution in [0.5, 0.6) is 0 Å². The van der Waals surface area contributed by atoms with Gasteiger partial charge in [-0.05, 0) is 48.5 Å². The highest BCUT2D eigenvalue weighted by Gasteiger charge is 2.17. The van der Waals surface area contributed by atoms with Gasteiger partial charge in [0.1, 0.15) is 0 Å². The van der Waals surface area contributed by atoms with E-state index in [1.807, 2.05) is 73.1 Å². The van der Waals surface area contributed by atoms with Crippen molar-refractivity contribution < 1.29 is 4.79 Å². The zero-order valence-electron chi connectivity index (χ0n) is 17.9. The van der Waals surface area contributed by atoms with Gasteiger partial charge in [-0.25, -0.2) is 14.2 Å². The SMILES string of the molecule is Cc1nn(-c2ccccc2)c(C)c1CN(C)C(=O)Nc1cccc(-c2nnnn2C)c1. The summed E-state index contributed by atoms with van der Waals surface area (Å²) in [7, 11) is 3.54. The highest BCUT2D eigenvalue weighted by molar-refractivity contribution is 5.89. The van der Waals surface area contributed by atoms with Gasteiger partial charge in [0.15, 0.2) is 5.82 Å². The first kappa shape index (κ1) is 20.3. The quantitative estimate of drug-likeness (QED) is 0.538. The summed E-state index contributed by atoms with van der Waals surface area (Å²) < 4.78 is 3.50. The van der Waals surface area contributed by atoms with E-state index in [0.29, 0.717) is 18.1 Å². The van der Waals surface area contributed by atoms with Crippen LogP contribution < -0.4 is 5.32 Å². The molecule has 4 aromatic rings. The molecule has 0 radical (unpaired) electrons. The number of benzene rings is 2. The van der Waals surface area contributed by atoms with Crippen molar-refractivity contribution in [3.8, 4) is 17.1 Å². The molecule has 2 aromatic carbocycles. The van der Waals surface area contributed by atoms with Crippen LogP contribution in [0.3, 0.4) is 0 Å². The van der Waals surface area contributed by atoms with Crippen molar-refractivity contribution in [2.24, 2.45) is 7.05 Å². The van der Waals surface area contributed by atoms with Crippen molar-refractivity contribution >= 4 is 11.7 Å². The largest absolute Gasteiger partial charge is 0.323 e. The number of tetrazole rings is 1. The van der Waals surface area contributed by atoms with Crippen LogP contribution in [0.4, 0.5) is 10.5 Å². The standard InChI is InChI=1S/C22H24N8O/c1-15-20(16(2)30(25-15)19-11-6-5-7-12-19)14-28(3)22(31)23-18-10-8-9-17(13-18)21-24-26-27-29(21)4/h5-13H,14H2,1-4H3,(H,23,31). The van der Waals surface area contributed by atoms with E-state index < -0.39 is 0 Å². The van der Waals surface area contributed by atoms with Crippen LogP contribution in [0.2, 0.25) is 0 Å². The van der Waals surface area contributed by atoms with E-state index in [4.69, 9.17) is 0 Å². The normalized spacial score (nSPS) is 10.8. The average Bonchev–Trinajstić information content (AvgIpc) is 3.32. The van der Waals surface area contributed by atoms with Crippen LogP contribution >= 0.6 is 0 Å². The van der Waals surface area contributed by atoms with Gasteiger partial charge in [0.2, 0.25) is 0 Å². The topological polar surface area (TPSA) is 93.8 Å². The third-order valence-electron chi connectivity index (χ3n) is 5.18. The first-order valence-corrected chi connectivity index (χ1v) is 9.89. The summed E-state index contributed by atoms with van der Waals surface area (Å²) in [4.78, 5) is 14.5. The monoisotopic (exact) mass is 416 g/mol. The second-order valence-electron chi connectivity index (χ2n) is 7.39. The minimum Gasteiger partial charge on any atom is -0.323 e. The summed E-state index contributed by atoms with van der Waals surface area (Å²) in [6, 6.07) is 17.2. The molecule has 0 unspecified atom stereocenters. The number of para-hydroxylation sites is 1. The molecule has 2 aromatic heterocycles. The average molecular weight is 416 g/mol. The predicted molar refractivity (Wildman–Crippen MR) is 118 cm³/mol. The number of aryl methyl sites for hydroxylation is 2. The Labute approximate surface area is 180 Å². The minimum absolute atomic E-state index is 0.209. The summed E-state index contributed by atoms with van der Waals surface area (Å²) in [5.41, 5.74) is 5.43. The molecule has 0 fully saturated rings. The second-order valence-corrected chi connectivity index (χ2v) is 7.39. The molecule has 0 saturated carbocycles. The number of amides is 2. The number of anilines is 1. The van der Waals surface area contributed by atoms with Crippen LogP contribution in [0.1, 0.15) is 17.0 Å². The molecule has 2 amide bonds. The van der Waals surface area contributed by atoms with E-state index in [9.17, 15) is 4.79 Å².